The first-order valence-electron chi connectivity index (χ1n) is 8.97. The third-order valence-corrected chi connectivity index (χ3v) is 4.88. The number of carbonyl (C=O) groups excluding carboxylic acids is 1. The molecule has 2 aromatic rings. The van der Waals surface area contributed by atoms with E-state index in [9.17, 15) is 4.79 Å². The number of likely N-dealkylation sites (tertiary alicyclic amines) is 1. The van der Waals surface area contributed by atoms with Gasteiger partial charge in [-0.3, -0.25) is 4.79 Å². The second-order valence-corrected chi connectivity index (χ2v) is 7.20. The lowest BCUT2D eigenvalue weighted by molar-refractivity contribution is 0.0701. The summed E-state index contributed by atoms with van der Waals surface area (Å²) in [5, 5.41) is 0. The SMILES string of the molecule is Cc1cc(C(=O)N2CCC[C@H](c3nccn3CCN(C)C)C2)c(C)o1. The van der Waals surface area contributed by atoms with E-state index in [1.54, 1.807) is 0 Å². The molecule has 0 aromatic carbocycles. The molecule has 3 rings (SSSR count). The molecule has 2 aromatic heterocycles. The van der Waals surface area contributed by atoms with Crippen molar-refractivity contribution in [3.8, 4) is 0 Å². The summed E-state index contributed by atoms with van der Waals surface area (Å²) in [7, 11) is 4.15. The smallest absolute Gasteiger partial charge is 0.257 e. The first kappa shape index (κ1) is 17.7. The molecule has 0 radical (unpaired) electrons. The zero-order valence-electron chi connectivity index (χ0n) is 15.7. The van der Waals surface area contributed by atoms with Crippen LogP contribution in [0.5, 0.6) is 0 Å². The van der Waals surface area contributed by atoms with Crippen molar-refractivity contribution in [1.82, 2.24) is 19.4 Å². The van der Waals surface area contributed by atoms with Gasteiger partial charge in [-0.15, -0.1) is 0 Å². The fourth-order valence-corrected chi connectivity index (χ4v) is 3.56. The number of imidazole rings is 1. The maximum Gasteiger partial charge on any atom is 0.257 e. The van der Waals surface area contributed by atoms with Gasteiger partial charge >= 0.3 is 0 Å². The summed E-state index contributed by atoms with van der Waals surface area (Å²) in [6, 6.07) is 1.85. The van der Waals surface area contributed by atoms with Gasteiger partial charge in [-0.05, 0) is 46.9 Å². The maximum absolute atomic E-state index is 12.9. The Labute approximate surface area is 149 Å². The molecular formula is C19H28N4O2. The molecule has 1 saturated heterocycles. The molecule has 0 N–H and O–H groups in total. The lowest BCUT2D eigenvalue weighted by atomic mass is 9.96. The van der Waals surface area contributed by atoms with Crippen molar-refractivity contribution in [2.24, 2.45) is 0 Å². The number of aryl methyl sites for hydroxylation is 2. The molecule has 0 saturated carbocycles. The number of piperidine rings is 1. The van der Waals surface area contributed by atoms with Gasteiger partial charge in [0.15, 0.2) is 0 Å². The molecular weight excluding hydrogens is 316 g/mol. The van der Waals surface area contributed by atoms with E-state index in [0.29, 0.717) is 17.2 Å². The average Bonchev–Trinajstić information content (AvgIpc) is 3.18. The molecule has 25 heavy (non-hydrogen) atoms. The average molecular weight is 344 g/mol. The number of likely N-dealkylation sites (N-methyl/N-ethyl adjacent to an activating group) is 1. The summed E-state index contributed by atoms with van der Waals surface area (Å²) < 4.78 is 7.76. The van der Waals surface area contributed by atoms with Crippen molar-refractivity contribution >= 4 is 5.91 Å². The van der Waals surface area contributed by atoms with Gasteiger partial charge in [-0.2, -0.15) is 0 Å². The van der Waals surface area contributed by atoms with Crippen LogP contribution in [-0.4, -0.2) is 59.0 Å². The molecule has 0 spiro atoms. The van der Waals surface area contributed by atoms with Gasteiger partial charge in [-0.25, -0.2) is 4.98 Å². The summed E-state index contributed by atoms with van der Waals surface area (Å²) in [5.41, 5.74) is 0.689. The van der Waals surface area contributed by atoms with Crippen LogP contribution in [0, 0.1) is 13.8 Å². The summed E-state index contributed by atoms with van der Waals surface area (Å²) in [5.74, 6) is 2.96. The van der Waals surface area contributed by atoms with Crippen molar-refractivity contribution in [1.29, 1.82) is 0 Å². The highest BCUT2D eigenvalue weighted by Gasteiger charge is 2.29. The molecule has 1 amide bonds. The molecule has 6 nitrogen and oxygen atoms in total. The first-order chi connectivity index (χ1) is 12.0. The van der Waals surface area contributed by atoms with Crippen LogP contribution in [0.25, 0.3) is 0 Å². The highest BCUT2D eigenvalue weighted by Crippen LogP contribution is 2.27. The second kappa shape index (κ2) is 7.44. The number of amides is 1. The van der Waals surface area contributed by atoms with Gasteiger partial charge in [-0.1, -0.05) is 0 Å². The Morgan fingerprint density at radius 1 is 1.40 bits per heavy atom. The molecule has 136 valence electrons. The van der Waals surface area contributed by atoms with Crippen LogP contribution in [0.2, 0.25) is 0 Å². The first-order valence-corrected chi connectivity index (χ1v) is 8.97. The zero-order valence-corrected chi connectivity index (χ0v) is 15.7. The van der Waals surface area contributed by atoms with E-state index in [1.807, 2.05) is 37.2 Å². The number of aromatic nitrogens is 2. The van der Waals surface area contributed by atoms with E-state index in [4.69, 9.17) is 4.42 Å². The highest BCUT2D eigenvalue weighted by atomic mass is 16.3. The van der Waals surface area contributed by atoms with Gasteiger partial charge in [0, 0.05) is 44.5 Å². The van der Waals surface area contributed by atoms with Gasteiger partial charge in [0.25, 0.3) is 5.91 Å². The van der Waals surface area contributed by atoms with E-state index in [1.165, 1.54) is 0 Å². The summed E-state index contributed by atoms with van der Waals surface area (Å²) in [6.07, 6.45) is 6.00. The molecule has 1 fully saturated rings. The van der Waals surface area contributed by atoms with Crippen LogP contribution in [0.1, 0.15) is 46.5 Å². The standard InChI is InChI=1S/C19H28N4O2/c1-14-12-17(15(2)25-14)19(24)23-8-5-6-16(13-23)18-20-7-9-22(18)11-10-21(3)4/h7,9,12,16H,5-6,8,10-11,13H2,1-4H3/t16-/m0/s1. The molecule has 1 atom stereocenters. The molecule has 1 aliphatic heterocycles. The number of rotatable bonds is 5. The fraction of sp³-hybridized carbons (Fsp3) is 0.579. The van der Waals surface area contributed by atoms with Gasteiger partial charge in [0.05, 0.1) is 5.56 Å². The number of nitrogens with zero attached hydrogens (tertiary/aromatic N) is 4. The minimum absolute atomic E-state index is 0.0745. The summed E-state index contributed by atoms with van der Waals surface area (Å²) in [6.45, 7) is 7.16. The minimum Gasteiger partial charge on any atom is -0.466 e. The quantitative estimate of drug-likeness (QED) is 0.837. The number of hydrogen-bond acceptors (Lipinski definition) is 4. The van der Waals surface area contributed by atoms with Gasteiger partial charge in [0.1, 0.15) is 17.3 Å². The predicted molar refractivity (Wildman–Crippen MR) is 96.8 cm³/mol. The van der Waals surface area contributed by atoms with E-state index in [2.05, 4.69) is 28.5 Å². The van der Waals surface area contributed by atoms with Gasteiger partial charge < -0.3 is 18.8 Å². The zero-order chi connectivity index (χ0) is 18.0. The van der Waals surface area contributed by atoms with Crippen molar-refractivity contribution < 1.29 is 9.21 Å². The van der Waals surface area contributed by atoms with E-state index >= 15 is 0 Å². The number of furan rings is 1. The fourth-order valence-electron chi connectivity index (χ4n) is 3.56. The van der Waals surface area contributed by atoms with Crippen LogP contribution < -0.4 is 0 Å². The Bertz CT molecular complexity index is 732. The van der Waals surface area contributed by atoms with Crippen LogP contribution in [0.15, 0.2) is 22.9 Å². The Balaban J connectivity index is 1.72. The lowest BCUT2D eigenvalue weighted by Gasteiger charge is -2.32. The molecule has 3 heterocycles. The summed E-state index contributed by atoms with van der Waals surface area (Å²) >= 11 is 0. The van der Waals surface area contributed by atoms with Crippen LogP contribution in [0.3, 0.4) is 0 Å². The van der Waals surface area contributed by atoms with E-state index in [-0.39, 0.29) is 5.91 Å². The Hall–Kier alpha value is -2.08. The lowest BCUT2D eigenvalue weighted by Crippen LogP contribution is -2.40. The van der Waals surface area contributed by atoms with Crippen LogP contribution in [0.4, 0.5) is 0 Å². The summed E-state index contributed by atoms with van der Waals surface area (Å²) in [4.78, 5) is 21.6. The van der Waals surface area contributed by atoms with Crippen LogP contribution >= 0.6 is 0 Å². The molecule has 0 bridgehead atoms. The van der Waals surface area contributed by atoms with Crippen molar-refractivity contribution in [2.45, 2.75) is 39.2 Å². The Kier molecular flexibility index (Phi) is 5.27. The molecule has 6 heteroatoms. The third-order valence-electron chi connectivity index (χ3n) is 4.88. The Morgan fingerprint density at radius 2 is 2.20 bits per heavy atom. The monoisotopic (exact) mass is 344 g/mol. The third kappa shape index (κ3) is 3.95. The maximum atomic E-state index is 12.9. The van der Waals surface area contributed by atoms with E-state index in [0.717, 1.165) is 50.6 Å². The number of carbonyl (C=O) groups is 1. The Morgan fingerprint density at radius 3 is 2.88 bits per heavy atom. The molecule has 0 aliphatic carbocycles. The van der Waals surface area contributed by atoms with Crippen molar-refractivity contribution in [3.63, 3.8) is 0 Å². The molecule has 1 aliphatic rings. The van der Waals surface area contributed by atoms with Crippen molar-refractivity contribution in [2.75, 3.05) is 33.7 Å². The molecule has 0 unspecified atom stereocenters. The van der Waals surface area contributed by atoms with Crippen LogP contribution in [-0.2, 0) is 6.54 Å². The largest absolute Gasteiger partial charge is 0.466 e. The van der Waals surface area contributed by atoms with Crippen molar-refractivity contribution in [3.05, 3.63) is 41.4 Å². The number of hydrogen-bond donors (Lipinski definition) is 0. The predicted octanol–water partition coefficient (Wildman–Crippen LogP) is 2.67. The van der Waals surface area contributed by atoms with E-state index < -0.39 is 0 Å². The minimum atomic E-state index is 0.0745. The van der Waals surface area contributed by atoms with Gasteiger partial charge in [0.2, 0.25) is 0 Å². The highest BCUT2D eigenvalue weighted by molar-refractivity contribution is 5.95. The normalized spacial score (nSPS) is 18.1. The second-order valence-electron chi connectivity index (χ2n) is 7.20. The topological polar surface area (TPSA) is 54.5 Å².